The van der Waals surface area contributed by atoms with Gasteiger partial charge in [0.15, 0.2) is 0 Å². The van der Waals surface area contributed by atoms with Gasteiger partial charge in [-0.3, -0.25) is 4.79 Å². The molecule has 1 aliphatic rings. The van der Waals surface area contributed by atoms with E-state index in [0.29, 0.717) is 5.02 Å². The number of carbonyl (C=O) groups is 1. The molecule has 1 aromatic rings. The van der Waals surface area contributed by atoms with E-state index in [9.17, 15) is 4.79 Å². The summed E-state index contributed by atoms with van der Waals surface area (Å²) in [5.41, 5.74) is 0.698. The van der Waals surface area contributed by atoms with Gasteiger partial charge in [-0.15, -0.1) is 0 Å². The van der Waals surface area contributed by atoms with Crippen molar-refractivity contribution in [2.24, 2.45) is 0 Å². The van der Waals surface area contributed by atoms with Gasteiger partial charge in [-0.2, -0.15) is 0 Å². The summed E-state index contributed by atoms with van der Waals surface area (Å²) in [6, 6.07) is 7.74. The fourth-order valence-corrected chi connectivity index (χ4v) is 2.95. The summed E-state index contributed by atoms with van der Waals surface area (Å²) in [5.74, 6) is 0.197. The number of hydrogen-bond acceptors (Lipinski definition) is 2. The first kappa shape index (κ1) is 14.4. The second-order valence-corrected chi connectivity index (χ2v) is 6.03. The number of halogens is 1. The normalized spacial score (nSPS) is 19.2. The van der Waals surface area contributed by atoms with Gasteiger partial charge in [0.1, 0.15) is 0 Å². The first-order chi connectivity index (χ1) is 8.95. The molecule has 1 heterocycles. The average Bonchev–Trinajstić information content (AvgIpc) is 2.40. The lowest BCUT2D eigenvalue weighted by Crippen LogP contribution is -2.50. The van der Waals surface area contributed by atoms with Crippen molar-refractivity contribution >= 4 is 17.5 Å². The van der Waals surface area contributed by atoms with Crippen LogP contribution in [0.2, 0.25) is 5.02 Å². The first-order valence-corrected chi connectivity index (χ1v) is 7.00. The molecule has 0 radical (unpaired) electrons. The van der Waals surface area contributed by atoms with E-state index < -0.39 is 0 Å². The average molecular weight is 281 g/mol. The van der Waals surface area contributed by atoms with E-state index in [0.717, 1.165) is 31.5 Å². The summed E-state index contributed by atoms with van der Waals surface area (Å²) < 4.78 is 0. The molecule has 1 fully saturated rings. The Kier molecular flexibility index (Phi) is 4.16. The zero-order valence-corrected chi connectivity index (χ0v) is 12.6. The van der Waals surface area contributed by atoms with Gasteiger partial charge in [0.05, 0.1) is 5.41 Å². The Morgan fingerprint density at radius 3 is 2.21 bits per heavy atom. The minimum atomic E-state index is -0.388. The summed E-state index contributed by atoms with van der Waals surface area (Å²) in [7, 11) is 5.77. The molecule has 1 amide bonds. The Balaban J connectivity index is 2.39. The molecule has 2 rings (SSSR count). The predicted octanol–water partition coefficient (Wildman–Crippen LogP) is 2.39. The van der Waals surface area contributed by atoms with Crippen molar-refractivity contribution in [2.45, 2.75) is 18.3 Å². The molecule has 0 saturated carbocycles. The Hall–Kier alpha value is -1.06. The highest BCUT2D eigenvalue weighted by Gasteiger charge is 2.43. The molecule has 1 aromatic carbocycles. The SMILES string of the molecule is CN1CCC(C(=O)N(C)C)(c2ccc(Cl)cc2)CC1. The smallest absolute Gasteiger partial charge is 0.232 e. The third-order valence-corrected chi connectivity index (χ3v) is 4.30. The van der Waals surface area contributed by atoms with Crippen molar-refractivity contribution < 1.29 is 4.79 Å². The molecule has 0 aromatic heterocycles. The van der Waals surface area contributed by atoms with Crippen LogP contribution < -0.4 is 0 Å². The van der Waals surface area contributed by atoms with Gasteiger partial charge < -0.3 is 9.80 Å². The van der Waals surface area contributed by atoms with Crippen molar-refractivity contribution in [1.82, 2.24) is 9.80 Å². The van der Waals surface area contributed by atoms with Crippen molar-refractivity contribution in [1.29, 1.82) is 0 Å². The molecule has 4 heteroatoms. The van der Waals surface area contributed by atoms with Gasteiger partial charge in [0.2, 0.25) is 5.91 Å². The summed E-state index contributed by atoms with van der Waals surface area (Å²) in [4.78, 5) is 16.7. The largest absolute Gasteiger partial charge is 0.348 e. The van der Waals surface area contributed by atoms with Gasteiger partial charge in [-0.1, -0.05) is 23.7 Å². The number of nitrogens with zero attached hydrogens (tertiary/aromatic N) is 2. The van der Waals surface area contributed by atoms with E-state index in [1.165, 1.54) is 0 Å². The zero-order valence-electron chi connectivity index (χ0n) is 11.8. The maximum atomic E-state index is 12.7. The van der Waals surface area contributed by atoms with Crippen molar-refractivity contribution in [3.05, 3.63) is 34.9 Å². The quantitative estimate of drug-likeness (QED) is 0.830. The minimum Gasteiger partial charge on any atom is -0.348 e. The third kappa shape index (κ3) is 2.77. The number of hydrogen-bond donors (Lipinski definition) is 0. The Labute approximate surface area is 120 Å². The summed E-state index contributed by atoms with van der Waals surface area (Å²) in [6.07, 6.45) is 1.73. The molecule has 0 aliphatic carbocycles. The first-order valence-electron chi connectivity index (χ1n) is 6.62. The lowest BCUT2D eigenvalue weighted by atomic mass is 9.71. The van der Waals surface area contributed by atoms with Crippen molar-refractivity contribution in [3.63, 3.8) is 0 Å². The molecular weight excluding hydrogens is 260 g/mol. The molecule has 1 saturated heterocycles. The van der Waals surface area contributed by atoms with E-state index in [-0.39, 0.29) is 11.3 Å². The number of likely N-dealkylation sites (N-methyl/N-ethyl adjacent to an activating group) is 1. The van der Waals surface area contributed by atoms with Crippen LogP contribution in [0.15, 0.2) is 24.3 Å². The topological polar surface area (TPSA) is 23.6 Å². The second kappa shape index (κ2) is 5.51. The Morgan fingerprint density at radius 1 is 1.21 bits per heavy atom. The van der Waals surface area contributed by atoms with Crippen LogP contribution in [0, 0.1) is 0 Å². The second-order valence-electron chi connectivity index (χ2n) is 5.59. The van der Waals surface area contributed by atoms with E-state index in [1.807, 2.05) is 38.4 Å². The van der Waals surface area contributed by atoms with Crippen LogP contribution in [-0.4, -0.2) is 49.9 Å². The number of benzene rings is 1. The molecule has 0 atom stereocenters. The third-order valence-electron chi connectivity index (χ3n) is 4.05. The van der Waals surface area contributed by atoms with Gasteiger partial charge in [-0.05, 0) is 50.7 Å². The number of amides is 1. The number of piperidine rings is 1. The predicted molar refractivity (Wildman–Crippen MR) is 78.6 cm³/mol. The molecule has 1 aliphatic heterocycles. The van der Waals surface area contributed by atoms with Gasteiger partial charge >= 0.3 is 0 Å². The zero-order chi connectivity index (χ0) is 14.0. The molecule has 0 N–H and O–H groups in total. The molecule has 104 valence electrons. The highest BCUT2D eigenvalue weighted by molar-refractivity contribution is 6.30. The van der Waals surface area contributed by atoms with Crippen molar-refractivity contribution in [2.75, 3.05) is 34.2 Å². The molecule has 0 bridgehead atoms. The van der Waals surface area contributed by atoms with Crippen LogP contribution in [0.4, 0.5) is 0 Å². The van der Waals surface area contributed by atoms with Gasteiger partial charge in [0.25, 0.3) is 0 Å². The lowest BCUT2D eigenvalue weighted by Gasteiger charge is -2.41. The fourth-order valence-electron chi connectivity index (χ4n) is 2.82. The van der Waals surface area contributed by atoms with Gasteiger partial charge in [0, 0.05) is 19.1 Å². The van der Waals surface area contributed by atoms with E-state index in [4.69, 9.17) is 11.6 Å². The maximum absolute atomic E-state index is 12.7. The Morgan fingerprint density at radius 2 is 1.74 bits per heavy atom. The molecule has 3 nitrogen and oxygen atoms in total. The lowest BCUT2D eigenvalue weighted by molar-refractivity contribution is -0.136. The van der Waals surface area contributed by atoms with Crippen LogP contribution in [0.1, 0.15) is 18.4 Å². The van der Waals surface area contributed by atoms with E-state index in [1.54, 1.807) is 4.90 Å². The van der Waals surface area contributed by atoms with E-state index in [2.05, 4.69) is 11.9 Å². The molecular formula is C15H21ClN2O. The minimum absolute atomic E-state index is 0.197. The standard InChI is InChI=1S/C15H21ClN2O/c1-17(2)14(19)15(8-10-18(3)11-9-15)12-4-6-13(16)7-5-12/h4-7H,8-11H2,1-3H3. The molecule has 0 unspecified atom stereocenters. The summed E-state index contributed by atoms with van der Waals surface area (Å²) >= 11 is 5.96. The van der Waals surface area contributed by atoms with Crippen LogP contribution in [0.5, 0.6) is 0 Å². The Bertz CT molecular complexity index is 448. The van der Waals surface area contributed by atoms with Crippen molar-refractivity contribution in [3.8, 4) is 0 Å². The van der Waals surface area contributed by atoms with Crippen LogP contribution in [-0.2, 0) is 10.2 Å². The number of carbonyl (C=O) groups excluding carboxylic acids is 1. The summed E-state index contributed by atoms with van der Waals surface area (Å²) in [6.45, 7) is 1.89. The summed E-state index contributed by atoms with van der Waals surface area (Å²) in [5, 5.41) is 0.712. The van der Waals surface area contributed by atoms with Crippen LogP contribution in [0.3, 0.4) is 0 Å². The molecule has 0 spiro atoms. The molecule has 19 heavy (non-hydrogen) atoms. The van der Waals surface area contributed by atoms with Gasteiger partial charge in [-0.25, -0.2) is 0 Å². The fraction of sp³-hybridized carbons (Fsp3) is 0.533. The highest BCUT2D eigenvalue weighted by Crippen LogP contribution is 2.37. The van der Waals surface area contributed by atoms with Crippen LogP contribution in [0.25, 0.3) is 0 Å². The monoisotopic (exact) mass is 280 g/mol. The van der Waals surface area contributed by atoms with Crippen LogP contribution >= 0.6 is 11.6 Å². The van der Waals surface area contributed by atoms with E-state index >= 15 is 0 Å². The maximum Gasteiger partial charge on any atom is 0.232 e. The highest BCUT2D eigenvalue weighted by atomic mass is 35.5. The number of likely N-dealkylation sites (tertiary alicyclic amines) is 1. The number of rotatable bonds is 2.